The summed E-state index contributed by atoms with van der Waals surface area (Å²) in [6, 6.07) is 0.0144. The number of likely N-dealkylation sites (tertiary alicyclic amines) is 1. The third kappa shape index (κ3) is 3.10. The standard InChI is InChI=1S/C10H17BrN2O/c1-3-12-9-5-4-6-13(10(9)14)7-8(2)11/h9,12H,2-7H2,1H3. The predicted octanol–water partition coefficient (Wildman–Crippen LogP) is 1.50. The Balaban J connectivity index is 2.52. The second-order valence-electron chi connectivity index (χ2n) is 3.53. The summed E-state index contributed by atoms with van der Waals surface area (Å²) < 4.78 is 0.864. The van der Waals surface area contributed by atoms with Gasteiger partial charge in [0.2, 0.25) is 5.91 Å². The molecule has 4 heteroatoms. The molecule has 0 aromatic rings. The summed E-state index contributed by atoms with van der Waals surface area (Å²) in [6.45, 7) is 8.11. The summed E-state index contributed by atoms with van der Waals surface area (Å²) in [7, 11) is 0. The van der Waals surface area contributed by atoms with Crippen LogP contribution in [0.3, 0.4) is 0 Å². The van der Waals surface area contributed by atoms with Crippen LogP contribution in [0.5, 0.6) is 0 Å². The number of nitrogens with zero attached hydrogens (tertiary/aromatic N) is 1. The number of likely N-dealkylation sites (N-methyl/N-ethyl adjacent to an activating group) is 1. The molecule has 1 heterocycles. The molecule has 1 unspecified atom stereocenters. The molecule has 1 aliphatic heterocycles. The summed E-state index contributed by atoms with van der Waals surface area (Å²) in [5, 5.41) is 3.20. The maximum atomic E-state index is 11.9. The van der Waals surface area contributed by atoms with Crippen molar-refractivity contribution < 1.29 is 4.79 Å². The van der Waals surface area contributed by atoms with Crippen molar-refractivity contribution in [2.24, 2.45) is 0 Å². The molecule has 1 fully saturated rings. The first-order valence-electron chi connectivity index (χ1n) is 5.00. The molecule has 3 nitrogen and oxygen atoms in total. The van der Waals surface area contributed by atoms with E-state index in [4.69, 9.17) is 0 Å². The van der Waals surface area contributed by atoms with Crippen LogP contribution >= 0.6 is 15.9 Å². The molecule has 0 aliphatic carbocycles. The number of piperidine rings is 1. The van der Waals surface area contributed by atoms with Gasteiger partial charge in [-0.3, -0.25) is 4.79 Å². The smallest absolute Gasteiger partial charge is 0.240 e. The van der Waals surface area contributed by atoms with Crippen LogP contribution in [0.2, 0.25) is 0 Å². The molecule has 0 aromatic carbocycles. The SMILES string of the molecule is C=C(Br)CN1CCCC(NCC)C1=O. The summed E-state index contributed by atoms with van der Waals surface area (Å²) in [5.41, 5.74) is 0. The van der Waals surface area contributed by atoms with Crippen molar-refractivity contribution >= 4 is 21.8 Å². The zero-order valence-corrected chi connectivity index (χ0v) is 10.1. The van der Waals surface area contributed by atoms with E-state index in [-0.39, 0.29) is 11.9 Å². The third-order valence-electron chi connectivity index (χ3n) is 2.34. The first-order chi connectivity index (χ1) is 6.65. The minimum Gasteiger partial charge on any atom is -0.337 e. The number of hydrogen-bond donors (Lipinski definition) is 1. The lowest BCUT2D eigenvalue weighted by Crippen LogP contribution is -2.50. The lowest BCUT2D eigenvalue weighted by molar-refractivity contribution is -0.135. The predicted molar refractivity (Wildman–Crippen MR) is 61.3 cm³/mol. The number of nitrogens with one attached hydrogen (secondary N) is 1. The minimum atomic E-state index is 0.0144. The number of carbonyl (C=O) groups is 1. The molecule has 1 saturated heterocycles. The molecule has 1 amide bonds. The molecule has 80 valence electrons. The molecule has 0 radical (unpaired) electrons. The molecule has 14 heavy (non-hydrogen) atoms. The minimum absolute atomic E-state index is 0.0144. The van der Waals surface area contributed by atoms with Gasteiger partial charge in [-0.2, -0.15) is 0 Å². The monoisotopic (exact) mass is 260 g/mol. The third-order valence-corrected chi connectivity index (χ3v) is 2.59. The van der Waals surface area contributed by atoms with Gasteiger partial charge in [0.25, 0.3) is 0 Å². The molecule has 1 atom stereocenters. The van der Waals surface area contributed by atoms with Crippen LogP contribution in [0.1, 0.15) is 19.8 Å². The molecule has 1 rings (SSSR count). The van der Waals surface area contributed by atoms with Gasteiger partial charge in [-0.15, -0.1) is 0 Å². The molecular formula is C10H17BrN2O. The topological polar surface area (TPSA) is 32.3 Å². The molecule has 0 bridgehead atoms. The van der Waals surface area contributed by atoms with Gasteiger partial charge < -0.3 is 10.2 Å². The van der Waals surface area contributed by atoms with Crippen LogP contribution in [-0.4, -0.2) is 36.5 Å². The summed E-state index contributed by atoms with van der Waals surface area (Å²) in [6.07, 6.45) is 2.03. The summed E-state index contributed by atoms with van der Waals surface area (Å²) >= 11 is 3.29. The van der Waals surface area contributed by atoms with Crippen LogP contribution in [0.15, 0.2) is 11.1 Å². The van der Waals surface area contributed by atoms with Gasteiger partial charge in [-0.25, -0.2) is 0 Å². The second kappa shape index (κ2) is 5.51. The Morgan fingerprint density at radius 2 is 2.50 bits per heavy atom. The van der Waals surface area contributed by atoms with Gasteiger partial charge in [0.05, 0.1) is 12.6 Å². The van der Waals surface area contributed by atoms with Crippen molar-refractivity contribution in [1.82, 2.24) is 10.2 Å². The van der Waals surface area contributed by atoms with Crippen molar-refractivity contribution in [2.45, 2.75) is 25.8 Å². The van der Waals surface area contributed by atoms with E-state index >= 15 is 0 Å². The summed E-state index contributed by atoms with van der Waals surface area (Å²) in [5.74, 6) is 0.207. The molecular weight excluding hydrogens is 244 g/mol. The van der Waals surface area contributed by atoms with Crippen molar-refractivity contribution in [1.29, 1.82) is 0 Å². The van der Waals surface area contributed by atoms with E-state index in [2.05, 4.69) is 27.8 Å². The average molecular weight is 261 g/mol. The quantitative estimate of drug-likeness (QED) is 0.831. The molecule has 1 aliphatic rings. The van der Waals surface area contributed by atoms with Gasteiger partial charge in [0.1, 0.15) is 0 Å². The van der Waals surface area contributed by atoms with Gasteiger partial charge in [-0.1, -0.05) is 29.4 Å². The normalized spacial score (nSPS) is 22.6. The molecule has 1 N–H and O–H groups in total. The Labute approximate surface area is 93.7 Å². The highest BCUT2D eigenvalue weighted by molar-refractivity contribution is 9.11. The van der Waals surface area contributed by atoms with E-state index in [1.807, 2.05) is 11.8 Å². The fourth-order valence-corrected chi connectivity index (χ4v) is 2.04. The summed E-state index contributed by atoms with van der Waals surface area (Å²) in [4.78, 5) is 13.7. The van der Waals surface area contributed by atoms with Crippen LogP contribution in [0, 0.1) is 0 Å². The molecule has 0 spiro atoms. The first kappa shape index (κ1) is 11.7. The van der Waals surface area contributed by atoms with E-state index in [0.717, 1.165) is 30.4 Å². The highest BCUT2D eigenvalue weighted by Gasteiger charge is 2.27. The van der Waals surface area contributed by atoms with Crippen molar-refractivity contribution in [3.8, 4) is 0 Å². The van der Waals surface area contributed by atoms with E-state index in [0.29, 0.717) is 6.54 Å². The van der Waals surface area contributed by atoms with Crippen molar-refractivity contribution in [3.63, 3.8) is 0 Å². The highest BCUT2D eigenvalue weighted by atomic mass is 79.9. The zero-order chi connectivity index (χ0) is 10.6. The number of rotatable bonds is 4. The van der Waals surface area contributed by atoms with E-state index in [1.54, 1.807) is 0 Å². The lowest BCUT2D eigenvalue weighted by Gasteiger charge is -2.32. The van der Waals surface area contributed by atoms with E-state index in [9.17, 15) is 4.79 Å². The Morgan fingerprint density at radius 3 is 3.07 bits per heavy atom. The van der Waals surface area contributed by atoms with Crippen LogP contribution < -0.4 is 5.32 Å². The number of hydrogen-bond acceptors (Lipinski definition) is 2. The van der Waals surface area contributed by atoms with Crippen LogP contribution in [0.4, 0.5) is 0 Å². The van der Waals surface area contributed by atoms with Gasteiger partial charge >= 0.3 is 0 Å². The fourth-order valence-electron chi connectivity index (χ4n) is 1.74. The first-order valence-corrected chi connectivity index (χ1v) is 5.80. The van der Waals surface area contributed by atoms with Crippen molar-refractivity contribution in [2.75, 3.05) is 19.6 Å². The second-order valence-corrected chi connectivity index (χ2v) is 4.65. The number of amides is 1. The van der Waals surface area contributed by atoms with Crippen LogP contribution in [-0.2, 0) is 4.79 Å². The Hall–Kier alpha value is -0.350. The maximum absolute atomic E-state index is 11.9. The Morgan fingerprint density at radius 1 is 1.79 bits per heavy atom. The van der Waals surface area contributed by atoms with Gasteiger partial charge in [-0.05, 0) is 19.4 Å². The van der Waals surface area contributed by atoms with Gasteiger partial charge in [0.15, 0.2) is 0 Å². The highest BCUT2D eigenvalue weighted by Crippen LogP contribution is 2.14. The maximum Gasteiger partial charge on any atom is 0.240 e. The van der Waals surface area contributed by atoms with E-state index < -0.39 is 0 Å². The average Bonchev–Trinajstić information content (AvgIpc) is 2.11. The largest absolute Gasteiger partial charge is 0.337 e. The number of halogens is 1. The van der Waals surface area contributed by atoms with E-state index in [1.165, 1.54) is 0 Å². The Bertz CT molecular complexity index is 228. The molecule has 0 saturated carbocycles. The zero-order valence-electron chi connectivity index (χ0n) is 8.55. The van der Waals surface area contributed by atoms with Crippen LogP contribution in [0.25, 0.3) is 0 Å². The Kier molecular flexibility index (Phi) is 4.62. The van der Waals surface area contributed by atoms with Gasteiger partial charge in [0, 0.05) is 11.0 Å². The van der Waals surface area contributed by atoms with Crippen molar-refractivity contribution in [3.05, 3.63) is 11.1 Å². The number of carbonyl (C=O) groups excluding carboxylic acids is 1. The molecule has 0 aromatic heterocycles. The lowest BCUT2D eigenvalue weighted by atomic mass is 10.0. The fraction of sp³-hybridized carbons (Fsp3) is 0.700.